The van der Waals surface area contributed by atoms with E-state index in [9.17, 15) is 4.79 Å². The van der Waals surface area contributed by atoms with Crippen molar-refractivity contribution in [3.8, 4) is 5.75 Å². The van der Waals surface area contributed by atoms with Gasteiger partial charge in [-0.3, -0.25) is 4.79 Å². The van der Waals surface area contributed by atoms with Crippen molar-refractivity contribution in [1.82, 2.24) is 0 Å². The summed E-state index contributed by atoms with van der Waals surface area (Å²) in [6, 6.07) is 21.1. The van der Waals surface area contributed by atoms with E-state index in [1.54, 1.807) is 24.3 Å². The van der Waals surface area contributed by atoms with E-state index in [2.05, 4.69) is 22.4 Å². The molecular formula is C22H22N2O2. The summed E-state index contributed by atoms with van der Waals surface area (Å²) in [6.07, 6.45) is 0.726. The number of azo groups is 1. The number of esters is 1. The molecule has 0 saturated heterocycles. The maximum absolute atomic E-state index is 12.1. The summed E-state index contributed by atoms with van der Waals surface area (Å²) in [5.41, 5.74) is 1.01. The third kappa shape index (κ3) is 4.14. The van der Waals surface area contributed by atoms with Gasteiger partial charge in [0.25, 0.3) is 0 Å². The van der Waals surface area contributed by atoms with E-state index in [0.29, 0.717) is 11.4 Å². The lowest BCUT2D eigenvalue weighted by Gasteiger charge is -2.19. The molecule has 0 aromatic heterocycles. The Morgan fingerprint density at radius 2 is 1.50 bits per heavy atom. The van der Waals surface area contributed by atoms with Crippen LogP contribution < -0.4 is 4.74 Å². The zero-order valence-corrected chi connectivity index (χ0v) is 15.3. The van der Waals surface area contributed by atoms with Crippen molar-refractivity contribution < 1.29 is 9.53 Å². The summed E-state index contributed by atoms with van der Waals surface area (Å²) in [5.74, 6) is 0.284. The van der Waals surface area contributed by atoms with E-state index in [1.807, 2.05) is 51.1 Å². The van der Waals surface area contributed by atoms with Crippen LogP contribution in [0.15, 0.2) is 77.0 Å². The van der Waals surface area contributed by atoms with Gasteiger partial charge in [-0.25, -0.2) is 0 Å². The number of fused-ring (bicyclic) bond motifs is 1. The highest BCUT2D eigenvalue weighted by Gasteiger charge is 2.27. The molecule has 0 aliphatic carbocycles. The second-order valence-electron chi connectivity index (χ2n) is 6.85. The number of carbonyl (C=O) groups is 1. The summed E-state index contributed by atoms with van der Waals surface area (Å²) in [7, 11) is 0. The van der Waals surface area contributed by atoms with Crippen molar-refractivity contribution in [2.75, 3.05) is 0 Å². The number of benzene rings is 3. The molecular weight excluding hydrogens is 324 g/mol. The highest BCUT2D eigenvalue weighted by molar-refractivity contribution is 5.85. The molecule has 0 radical (unpaired) electrons. The molecule has 26 heavy (non-hydrogen) atoms. The Hall–Kier alpha value is -3.01. The Morgan fingerprint density at radius 3 is 2.19 bits per heavy atom. The third-order valence-corrected chi connectivity index (χ3v) is 4.50. The van der Waals surface area contributed by atoms with Crippen molar-refractivity contribution in [2.24, 2.45) is 15.6 Å². The summed E-state index contributed by atoms with van der Waals surface area (Å²) < 4.78 is 5.42. The standard InChI is InChI=1S/C22H22N2O2/c1-4-22(2,3)21(25)26-20-13-11-18(12-14-20)23-24-19-10-9-16-7-5-6-8-17(16)15-19/h5-15H,4H2,1-3H3. The predicted octanol–water partition coefficient (Wildman–Crippen LogP) is 6.60. The van der Waals surface area contributed by atoms with Crippen LogP contribution in [-0.4, -0.2) is 5.97 Å². The van der Waals surface area contributed by atoms with Crippen LogP contribution in [0.25, 0.3) is 10.8 Å². The molecule has 3 aromatic rings. The lowest BCUT2D eigenvalue weighted by Crippen LogP contribution is -2.28. The largest absolute Gasteiger partial charge is 0.426 e. The van der Waals surface area contributed by atoms with Gasteiger partial charge >= 0.3 is 5.97 Å². The monoisotopic (exact) mass is 346 g/mol. The molecule has 0 N–H and O–H groups in total. The van der Waals surface area contributed by atoms with Crippen LogP contribution in [0.3, 0.4) is 0 Å². The third-order valence-electron chi connectivity index (χ3n) is 4.50. The number of rotatable bonds is 5. The van der Waals surface area contributed by atoms with Crippen LogP contribution in [0.1, 0.15) is 27.2 Å². The second kappa shape index (κ2) is 7.48. The van der Waals surface area contributed by atoms with Gasteiger partial charge in [-0.1, -0.05) is 37.3 Å². The van der Waals surface area contributed by atoms with E-state index in [1.165, 1.54) is 5.39 Å². The molecule has 0 unspecified atom stereocenters. The van der Waals surface area contributed by atoms with Gasteiger partial charge in [0.15, 0.2) is 0 Å². The highest BCUT2D eigenvalue weighted by Crippen LogP contribution is 2.26. The number of hydrogen-bond donors (Lipinski definition) is 0. The lowest BCUT2D eigenvalue weighted by atomic mass is 9.91. The average Bonchev–Trinajstić information content (AvgIpc) is 2.67. The SMILES string of the molecule is CCC(C)(C)C(=O)Oc1ccc(N=Nc2ccc3ccccc3c2)cc1. The van der Waals surface area contributed by atoms with Crippen LogP contribution in [0.4, 0.5) is 11.4 Å². The topological polar surface area (TPSA) is 51.0 Å². The first-order chi connectivity index (χ1) is 12.5. The smallest absolute Gasteiger partial charge is 0.316 e. The van der Waals surface area contributed by atoms with Crippen molar-refractivity contribution in [3.05, 3.63) is 66.7 Å². The molecule has 3 rings (SSSR count). The first-order valence-corrected chi connectivity index (χ1v) is 8.71. The summed E-state index contributed by atoms with van der Waals surface area (Å²) in [5, 5.41) is 10.8. The molecule has 4 heteroatoms. The van der Waals surface area contributed by atoms with Gasteiger partial charge in [-0.05, 0) is 67.4 Å². The minimum atomic E-state index is -0.492. The van der Waals surface area contributed by atoms with Crippen LogP contribution in [0, 0.1) is 5.41 Å². The minimum Gasteiger partial charge on any atom is -0.426 e. The maximum Gasteiger partial charge on any atom is 0.316 e. The van der Waals surface area contributed by atoms with Gasteiger partial charge in [0.2, 0.25) is 0 Å². The Labute approximate surface area is 153 Å². The van der Waals surface area contributed by atoms with Gasteiger partial charge in [0, 0.05) is 0 Å². The Balaban J connectivity index is 1.70. The van der Waals surface area contributed by atoms with Crippen LogP contribution >= 0.6 is 0 Å². The molecule has 0 bridgehead atoms. The summed E-state index contributed by atoms with van der Waals surface area (Å²) in [6.45, 7) is 5.72. The molecule has 4 nitrogen and oxygen atoms in total. The number of hydrogen-bond acceptors (Lipinski definition) is 4. The van der Waals surface area contributed by atoms with Gasteiger partial charge < -0.3 is 4.74 Å². The van der Waals surface area contributed by atoms with Crippen molar-refractivity contribution >= 4 is 28.1 Å². The van der Waals surface area contributed by atoms with Crippen molar-refractivity contribution in [3.63, 3.8) is 0 Å². The molecule has 0 amide bonds. The number of nitrogens with zero attached hydrogens (tertiary/aromatic N) is 2. The van der Waals surface area contributed by atoms with Gasteiger partial charge in [0.1, 0.15) is 5.75 Å². The van der Waals surface area contributed by atoms with E-state index in [4.69, 9.17) is 4.74 Å². The summed E-state index contributed by atoms with van der Waals surface area (Å²) in [4.78, 5) is 12.1. The van der Waals surface area contributed by atoms with Crippen LogP contribution in [-0.2, 0) is 4.79 Å². The predicted molar refractivity (Wildman–Crippen MR) is 104 cm³/mol. The van der Waals surface area contributed by atoms with E-state index < -0.39 is 5.41 Å². The van der Waals surface area contributed by atoms with Crippen molar-refractivity contribution in [2.45, 2.75) is 27.2 Å². The summed E-state index contributed by atoms with van der Waals surface area (Å²) >= 11 is 0. The Bertz CT molecular complexity index is 944. The molecule has 0 aliphatic rings. The minimum absolute atomic E-state index is 0.231. The zero-order chi connectivity index (χ0) is 18.6. The Kier molecular flexibility index (Phi) is 5.12. The number of carbonyl (C=O) groups excluding carboxylic acids is 1. The van der Waals surface area contributed by atoms with Crippen LogP contribution in [0.5, 0.6) is 5.75 Å². The average molecular weight is 346 g/mol. The quantitative estimate of drug-likeness (QED) is 0.297. The second-order valence-corrected chi connectivity index (χ2v) is 6.85. The lowest BCUT2D eigenvalue weighted by molar-refractivity contribution is -0.144. The Morgan fingerprint density at radius 1 is 0.885 bits per heavy atom. The molecule has 3 aromatic carbocycles. The molecule has 0 atom stereocenters. The fraction of sp³-hybridized carbons (Fsp3) is 0.227. The van der Waals surface area contributed by atoms with Crippen molar-refractivity contribution in [1.29, 1.82) is 0 Å². The molecule has 0 spiro atoms. The highest BCUT2D eigenvalue weighted by atomic mass is 16.5. The fourth-order valence-electron chi connectivity index (χ4n) is 2.32. The first-order valence-electron chi connectivity index (χ1n) is 8.71. The van der Waals surface area contributed by atoms with Gasteiger partial charge in [-0.15, -0.1) is 0 Å². The fourth-order valence-corrected chi connectivity index (χ4v) is 2.32. The zero-order valence-electron chi connectivity index (χ0n) is 15.3. The van der Waals surface area contributed by atoms with Gasteiger partial charge in [-0.2, -0.15) is 10.2 Å². The molecule has 0 saturated carbocycles. The molecule has 0 fully saturated rings. The van der Waals surface area contributed by atoms with Gasteiger partial charge in [0.05, 0.1) is 16.8 Å². The molecule has 0 heterocycles. The van der Waals surface area contributed by atoms with E-state index in [0.717, 1.165) is 17.5 Å². The number of ether oxygens (including phenoxy) is 1. The van der Waals surface area contributed by atoms with E-state index in [-0.39, 0.29) is 5.97 Å². The molecule has 0 aliphatic heterocycles. The van der Waals surface area contributed by atoms with E-state index >= 15 is 0 Å². The maximum atomic E-state index is 12.1. The molecule has 132 valence electrons. The van der Waals surface area contributed by atoms with Crippen LogP contribution in [0.2, 0.25) is 0 Å². The first kappa shape index (κ1) is 17.8. The normalized spacial score (nSPS) is 11.8.